The summed E-state index contributed by atoms with van der Waals surface area (Å²) < 4.78 is 0. The molecule has 29 heavy (non-hydrogen) atoms. The minimum absolute atomic E-state index is 0.108. The van der Waals surface area contributed by atoms with E-state index in [2.05, 4.69) is 42.6 Å². The summed E-state index contributed by atoms with van der Waals surface area (Å²) in [7, 11) is 0. The highest BCUT2D eigenvalue weighted by Crippen LogP contribution is 2.73. The maximum absolute atomic E-state index is 13.8. The molecule has 0 heterocycles. The molecule has 158 valence electrons. The number of hydrogen-bond acceptors (Lipinski definition) is 2. The van der Waals surface area contributed by atoms with Crippen molar-refractivity contribution in [3.8, 4) is 0 Å². The third-order valence-electron chi connectivity index (χ3n) is 9.35. The Hall–Kier alpha value is -1.35. The lowest BCUT2D eigenvalue weighted by Gasteiger charge is -2.43. The van der Waals surface area contributed by atoms with Crippen molar-refractivity contribution >= 4 is 5.91 Å². The van der Waals surface area contributed by atoms with Crippen LogP contribution in [0.2, 0.25) is 0 Å². The third-order valence-corrected chi connectivity index (χ3v) is 9.35. The number of rotatable bonds is 6. The molecule has 4 bridgehead atoms. The number of hydrogen-bond donors (Lipinski definition) is 2. The van der Waals surface area contributed by atoms with Gasteiger partial charge in [-0.05, 0) is 92.6 Å². The molecule has 1 aromatic rings. The first-order chi connectivity index (χ1) is 14.1. The Labute approximate surface area is 176 Å². The van der Waals surface area contributed by atoms with Gasteiger partial charge in [-0.15, -0.1) is 0 Å². The molecule has 1 amide bonds. The number of benzene rings is 1. The molecule has 0 saturated heterocycles. The molecule has 3 nitrogen and oxygen atoms in total. The molecule has 5 fully saturated rings. The van der Waals surface area contributed by atoms with Gasteiger partial charge in [0, 0.05) is 6.04 Å². The normalized spacial score (nSPS) is 42.9. The van der Waals surface area contributed by atoms with E-state index in [4.69, 9.17) is 5.73 Å². The van der Waals surface area contributed by atoms with E-state index in [0.717, 1.165) is 44.1 Å². The van der Waals surface area contributed by atoms with Gasteiger partial charge in [-0.3, -0.25) is 4.79 Å². The molecule has 0 spiro atoms. The SMILES string of the molecule is CCCC1C2CC3(c4ccccc4)CC1C(C(=O)NC1CCC(CN)CC1)(C2)C3. The highest BCUT2D eigenvalue weighted by atomic mass is 16.2. The van der Waals surface area contributed by atoms with E-state index in [1.54, 1.807) is 0 Å². The van der Waals surface area contributed by atoms with Crippen LogP contribution in [0, 0.1) is 29.1 Å². The average molecular weight is 395 g/mol. The lowest BCUT2D eigenvalue weighted by Crippen LogP contribution is -2.48. The van der Waals surface area contributed by atoms with E-state index in [9.17, 15) is 4.79 Å². The molecule has 5 saturated carbocycles. The molecule has 0 aromatic heterocycles. The lowest BCUT2D eigenvalue weighted by atomic mass is 9.61. The van der Waals surface area contributed by atoms with Crippen molar-refractivity contribution in [2.45, 2.75) is 82.6 Å². The molecule has 0 aliphatic heterocycles. The van der Waals surface area contributed by atoms with Crippen molar-refractivity contribution in [1.82, 2.24) is 5.32 Å². The summed E-state index contributed by atoms with van der Waals surface area (Å²) in [6.07, 6.45) is 11.9. The van der Waals surface area contributed by atoms with E-state index in [1.807, 2.05) is 0 Å². The maximum atomic E-state index is 13.8. The van der Waals surface area contributed by atoms with Crippen LogP contribution < -0.4 is 11.1 Å². The first kappa shape index (κ1) is 19.6. The zero-order chi connectivity index (χ0) is 20.1. The van der Waals surface area contributed by atoms with Gasteiger partial charge in [0.15, 0.2) is 0 Å². The fraction of sp³-hybridized carbons (Fsp3) is 0.731. The average Bonchev–Trinajstić information content (AvgIpc) is 3.13. The van der Waals surface area contributed by atoms with Crippen molar-refractivity contribution in [2.75, 3.05) is 6.54 Å². The van der Waals surface area contributed by atoms with Crippen LogP contribution >= 0.6 is 0 Å². The highest BCUT2D eigenvalue weighted by molar-refractivity contribution is 5.85. The summed E-state index contributed by atoms with van der Waals surface area (Å²) in [6.45, 7) is 3.11. The van der Waals surface area contributed by atoms with E-state index in [0.29, 0.717) is 23.8 Å². The molecule has 3 heteroatoms. The fourth-order valence-corrected chi connectivity index (χ4v) is 8.15. The Morgan fingerprint density at radius 2 is 1.86 bits per heavy atom. The number of nitrogens with one attached hydrogen (secondary N) is 1. The first-order valence-corrected chi connectivity index (χ1v) is 12.2. The number of amides is 1. The van der Waals surface area contributed by atoms with Crippen LogP contribution in [0.1, 0.15) is 76.7 Å². The fourth-order valence-electron chi connectivity index (χ4n) is 8.15. The summed E-state index contributed by atoms with van der Waals surface area (Å²) >= 11 is 0. The second-order valence-corrected chi connectivity index (χ2v) is 10.8. The van der Waals surface area contributed by atoms with Crippen LogP contribution in [0.5, 0.6) is 0 Å². The van der Waals surface area contributed by atoms with Crippen LogP contribution in [-0.4, -0.2) is 18.5 Å². The summed E-state index contributed by atoms with van der Waals surface area (Å²) in [6, 6.07) is 11.5. The number of nitrogens with two attached hydrogens (primary N) is 1. The van der Waals surface area contributed by atoms with Crippen molar-refractivity contribution in [3.63, 3.8) is 0 Å². The molecule has 6 rings (SSSR count). The van der Waals surface area contributed by atoms with Gasteiger partial charge in [0.1, 0.15) is 0 Å². The molecule has 0 radical (unpaired) electrons. The molecular weight excluding hydrogens is 356 g/mol. The van der Waals surface area contributed by atoms with Gasteiger partial charge in [0.25, 0.3) is 0 Å². The van der Waals surface area contributed by atoms with Gasteiger partial charge in [0.2, 0.25) is 5.91 Å². The summed E-state index contributed by atoms with van der Waals surface area (Å²) in [4.78, 5) is 13.8. The van der Waals surface area contributed by atoms with Crippen molar-refractivity contribution < 1.29 is 4.79 Å². The topological polar surface area (TPSA) is 55.1 Å². The summed E-state index contributed by atoms with van der Waals surface area (Å²) in [5, 5.41) is 3.56. The summed E-state index contributed by atoms with van der Waals surface area (Å²) in [5.41, 5.74) is 7.49. The standard InChI is InChI=1S/C26H38N2O/c1-2-6-22-19-13-25(20-7-4-3-5-8-20)15-23(22)26(14-19,17-25)24(29)28-21-11-9-18(16-27)10-12-21/h3-5,7-8,18-19,21-23H,2,6,9-17,27H2,1H3,(H,28,29). The van der Waals surface area contributed by atoms with E-state index in [1.165, 1.54) is 44.1 Å². The van der Waals surface area contributed by atoms with Gasteiger partial charge in [-0.1, -0.05) is 50.1 Å². The van der Waals surface area contributed by atoms with Crippen LogP contribution in [0.3, 0.4) is 0 Å². The Morgan fingerprint density at radius 3 is 2.55 bits per heavy atom. The van der Waals surface area contributed by atoms with Crippen molar-refractivity contribution in [3.05, 3.63) is 35.9 Å². The molecule has 5 atom stereocenters. The van der Waals surface area contributed by atoms with Gasteiger partial charge in [-0.25, -0.2) is 0 Å². The molecule has 3 N–H and O–H groups in total. The van der Waals surface area contributed by atoms with Crippen LogP contribution in [-0.2, 0) is 10.2 Å². The second kappa shape index (κ2) is 7.41. The van der Waals surface area contributed by atoms with E-state index in [-0.39, 0.29) is 10.8 Å². The summed E-state index contributed by atoms with van der Waals surface area (Å²) in [5.74, 6) is 3.15. The van der Waals surface area contributed by atoms with E-state index < -0.39 is 0 Å². The molecule has 5 unspecified atom stereocenters. The Balaban J connectivity index is 1.39. The van der Waals surface area contributed by atoms with Gasteiger partial charge in [0.05, 0.1) is 5.41 Å². The van der Waals surface area contributed by atoms with Crippen molar-refractivity contribution in [1.29, 1.82) is 0 Å². The van der Waals surface area contributed by atoms with E-state index >= 15 is 0 Å². The van der Waals surface area contributed by atoms with Crippen LogP contribution in [0.25, 0.3) is 0 Å². The van der Waals surface area contributed by atoms with Crippen LogP contribution in [0.4, 0.5) is 0 Å². The highest BCUT2D eigenvalue weighted by Gasteiger charge is 2.70. The Kier molecular flexibility index (Phi) is 5.01. The number of carbonyl (C=O) groups excluding carboxylic acids is 1. The zero-order valence-corrected chi connectivity index (χ0v) is 18.0. The maximum Gasteiger partial charge on any atom is 0.226 e. The number of carbonyl (C=O) groups is 1. The van der Waals surface area contributed by atoms with Gasteiger partial charge >= 0.3 is 0 Å². The first-order valence-electron chi connectivity index (χ1n) is 12.2. The van der Waals surface area contributed by atoms with Gasteiger partial charge in [-0.2, -0.15) is 0 Å². The Bertz CT molecular complexity index is 740. The molecule has 5 aliphatic rings. The molecular formula is C26H38N2O. The molecule has 1 aromatic carbocycles. The largest absolute Gasteiger partial charge is 0.353 e. The van der Waals surface area contributed by atoms with Gasteiger partial charge < -0.3 is 11.1 Å². The predicted octanol–water partition coefficient (Wildman–Crippen LogP) is 4.79. The quantitative estimate of drug-likeness (QED) is 0.728. The minimum atomic E-state index is -0.108. The lowest BCUT2D eigenvalue weighted by molar-refractivity contribution is -0.134. The minimum Gasteiger partial charge on any atom is -0.353 e. The second-order valence-electron chi connectivity index (χ2n) is 10.8. The smallest absolute Gasteiger partial charge is 0.226 e. The molecule has 5 aliphatic carbocycles. The zero-order valence-electron chi connectivity index (χ0n) is 18.0. The monoisotopic (exact) mass is 394 g/mol. The third kappa shape index (κ3) is 3.07. The van der Waals surface area contributed by atoms with Crippen LogP contribution in [0.15, 0.2) is 30.3 Å². The predicted molar refractivity (Wildman–Crippen MR) is 117 cm³/mol. The van der Waals surface area contributed by atoms with Crippen molar-refractivity contribution in [2.24, 2.45) is 34.8 Å². The Morgan fingerprint density at radius 1 is 1.10 bits per heavy atom.